The number of hydrogen-bond donors (Lipinski definition) is 2. The number of aromatic carboxylic acids is 1. The molecule has 0 saturated carbocycles. The molecule has 0 aliphatic rings. The van der Waals surface area contributed by atoms with Crippen LogP contribution in [0.4, 0.5) is 0 Å². The number of benzene rings is 3. The topological polar surface area (TPSA) is 88.5 Å². The predicted molar refractivity (Wildman–Crippen MR) is 138 cm³/mol. The van der Waals surface area contributed by atoms with Crippen molar-refractivity contribution in [3.8, 4) is 16.9 Å². The molecule has 1 aromatic heterocycles. The molecule has 0 spiro atoms. The molecule has 0 saturated heterocycles. The van der Waals surface area contributed by atoms with Crippen molar-refractivity contribution in [1.29, 1.82) is 0 Å². The van der Waals surface area contributed by atoms with E-state index in [0.29, 0.717) is 29.3 Å². The first-order valence-electron chi connectivity index (χ1n) is 10.9. The number of ether oxygens (including phenoxy) is 1. The van der Waals surface area contributed by atoms with E-state index in [9.17, 15) is 9.59 Å². The fourth-order valence-corrected chi connectivity index (χ4v) is 4.35. The molecule has 4 aromatic rings. The summed E-state index contributed by atoms with van der Waals surface area (Å²) in [5.41, 5.74) is 4.57. The highest BCUT2D eigenvalue weighted by Gasteiger charge is 2.14. The number of carbonyl (C=O) groups excluding carboxylic acids is 1. The summed E-state index contributed by atoms with van der Waals surface area (Å²) < 4.78 is 5.85. The number of aryl methyl sites for hydroxylation is 1. The fourth-order valence-electron chi connectivity index (χ4n) is 3.50. The van der Waals surface area contributed by atoms with Crippen LogP contribution in [0.1, 0.15) is 37.0 Å². The number of carboxylic acid groups (broad SMARTS) is 1. The Labute approximate surface area is 212 Å². The van der Waals surface area contributed by atoms with Crippen molar-refractivity contribution in [1.82, 2.24) is 10.3 Å². The van der Waals surface area contributed by atoms with Gasteiger partial charge in [0, 0.05) is 22.6 Å². The summed E-state index contributed by atoms with van der Waals surface area (Å²) in [6, 6.07) is 19.7. The van der Waals surface area contributed by atoms with E-state index in [4.69, 9.17) is 21.4 Å². The third-order valence-corrected chi connectivity index (χ3v) is 6.50. The summed E-state index contributed by atoms with van der Waals surface area (Å²) in [7, 11) is 0. The number of amides is 1. The van der Waals surface area contributed by atoms with E-state index >= 15 is 0 Å². The average Bonchev–Trinajstić information content (AvgIpc) is 3.28. The summed E-state index contributed by atoms with van der Waals surface area (Å²) in [4.78, 5) is 28.2. The van der Waals surface area contributed by atoms with Gasteiger partial charge in [-0.15, -0.1) is 11.3 Å². The average molecular weight is 507 g/mol. The zero-order valence-electron chi connectivity index (χ0n) is 19.0. The Balaban J connectivity index is 1.34. The summed E-state index contributed by atoms with van der Waals surface area (Å²) >= 11 is 7.64. The van der Waals surface area contributed by atoms with Crippen molar-refractivity contribution >= 4 is 34.8 Å². The first-order valence-corrected chi connectivity index (χ1v) is 12.2. The number of thiazole rings is 1. The number of nitrogens with zero attached hydrogens (tertiary/aromatic N) is 1. The molecule has 0 unspecified atom stereocenters. The molecule has 1 heterocycles. The smallest absolute Gasteiger partial charge is 0.335 e. The summed E-state index contributed by atoms with van der Waals surface area (Å²) in [5.74, 6) is -0.744. The number of carbonyl (C=O) groups is 2. The van der Waals surface area contributed by atoms with Crippen LogP contribution in [0.3, 0.4) is 0 Å². The van der Waals surface area contributed by atoms with Gasteiger partial charge in [-0.1, -0.05) is 48.0 Å². The fraction of sp³-hybridized carbons (Fsp3) is 0.148. The van der Waals surface area contributed by atoms with Gasteiger partial charge >= 0.3 is 5.97 Å². The Morgan fingerprint density at radius 1 is 1.03 bits per heavy atom. The van der Waals surface area contributed by atoms with Crippen LogP contribution in [-0.4, -0.2) is 28.5 Å². The Kier molecular flexibility index (Phi) is 7.80. The van der Waals surface area contributed by atoms with E-state index in [1.165, 1.54) is 11.3 Å². The number of carboxylic acids is 1. The van der Waals surface area contributed by atoms with Crippen molar-refractivity contribution < 1.29 is 19.4 Å². The molecule has 8 heteroatoms. The maximum absolute atomic E-state index is 12.8. The first-order chi connectivity index (χ1) is 16.9. The van der Waals surface area contributed by atoms with Crippen LogP contribution in [-0.2, 0) is 13.0 Å². The Morgan fingerprint density at radius 3 is 2.34 bits per heavy atom. The lowest BCUT2D eigenvalue weighted by Gasteiger charge is -2.12. The maximum Gasteiger partial charge on any atom is 0.335 e. The quantitative estimate of drug-likeness (QED) is 0.290. The van der Waals surface area contributed by atoms with Crippen LogP contribution in [0, 0.1) is 6.92 Å². The molecule has 0 fully saturated rings. The highest BCUT2D eigenvalue weighted by Crippen LogP contribution is 2.25. The molecule has 0 aliphatic heterocycles. The lowest BCUT2D eigenvalue weighted by Crippen LogP contribution is -2.26. The van der Waals surface area contributed by atoms with Gasteiger partial charge in [0.25, 0.3) is 5.91 Å². The number of nitrogens with one attached hydrogen (secondary N) is 1. The highest BCUT2D eigenvalue weighted by atomic mass is 35.5. The van der Waals surface area contributed by atoms with Crippen LogP contribution >= 0.6 is 22.9 Å². The van der Waals surface area contributed by atoms with Gasteiger partial charge in [-0.3, -0.25) is 4.79 Å². The third kappa shape index (κ3) is 6.47. The van der Waals surface area contributed by atoms with E-state index in [2.05, 4.69) is 10.3 Å². The minimum Gasteiger partial charge on any atom is -0.486 e. The Hall–Kier alpha value is -3.68. The van der Waals surface area contributed by atoms with Crippen LogP contribution in [0.25, 0.3) is 11.1 Å². The normalized spacial score (nSPS) is 10.7. The van der Waals surface area contributed by atoms with Crippen molar-refractivity contribution in [3.63, 3.8) is 0 Å². The first kappa shape index (κ1) is 24.4. The minimum absolute atomic E-state index is 0.257. The van der Waals surface area contributed by atoms with Crippen LogP contribution in [0.15, 0.2) is 72.1 Å². The van der Waals surface area contributed by atoms with Crippen molar-refractivity contribution in [3.05, 3.63) is 105 Å². The molecule has 0 aliphatic carbocycles. The SMILES string of the molecule is Cc1csc(COc2ccc(Cl)cc2C(=O)NCCc2ccc(-c3ccc(C(=O)O)cc3)cc2)n1. The van der Waals surface area contributed by atoms with Gasteiger partial charge in [0.05, 0.1) is 11.1 Å². The lowest BCUT2D eigenvalue weighted by molar-refractivity contribution is 0.0696. The summed E-state index contributed by atoms with van der Waals surface area (Å²) in [5, 5.41) is 15.2. The number of aromatic nitrogens is 1. The molecule has 3 aromatic carbocycles. The standard InChI is InChI=1S/C27H23ClN2O4S/c1-17-16-35-25(30-17)15-34-24-11-10-22(28)14-23(24)26(31)29-13-12-18-2-4-19(5-3-18)20-6-8-21(9-7-20)27(32)33/h2-11,14,16H,12-13,15H2,1H3,(H,29,31)(H,32,33). The van der Waals surface area contributed by atoms with Gasteiger partial charge in [-0.25, -0.2) is 9.78 Å². The number of hydrogen-bond acceptors (Lipinski definition) is 5. The zero-order valence-corrected chi connectivity index (χ0v) is 20.5. The predicted octanol–water partition coefficient (Wildman–Crippen LogP) is 6.02. The molecule has 4 rings (SSSR count). The maximum atomic E-state index is 12.8. The van der Waals surface area contributed by atoms with Gasteiger partial charge in [-0.2, -0.15) is 0 Å². The van der Waals surface area contributed by atoms with Crippen LogP contribution in [0.2, 0.25) is 5.02 Å². The monoisotopic (exact) mass is 506 g/mol. The third-order valence-electron chi connectivity index (χ3n) is 5.32. The van der Waals surface area contributed by atoms with Gasteiger partial charge in [-0.05, 0) is 60.4 Å². The van der Waals surface area contributed by atoms with Gasteiger partial charge in [0.15, 0.2) is 0 Å². The molecule has 6 nitrogen and oxygen atoms in total. The zero-order chi connectivity index (χ0) is 24.8. The van der Waals surface area contributed by atoms with Crippen molar-refractivity contribution in [2.75, 3.05) is 6.54 Å². The molecule has 1 amide bonds. The molecule has 0 bridgehead atoms. The Bertz CT molecular complexity index is 1330. The lowest BCUT2D eigenvalue weighted by atomic mass is 10.0. The Morgan fingerprint density at radius 2 is 1.71 bits per heavy atom. The van der Waals surface area contributed by atoms with Crippen molar-refractivity contribution in [2.45, 2.75) is 20.0 Å². The molecule has 2 N–H and O–H groups in total. The molecular weight excluding hydrogens is 484 g/mol. The van der Waals surface area contributed by atoms with Gasteiger partial charge in [0.2, 0.25) is 0 Å². The molecule has 0 radical (unpaired) electrons. The number of rotatable bonds is 9. The molecule has 178 valence electrons. The van der Waals surface area contributed by atoms with E-state index in [-0.39, 0.29) is 18.1 Å². The second-order valence-corrected chi connectivity index (χ2v) is 9.28. The van der Waals surface area contributed by atoms with E-state index in [1.807, 2.05) is 36.6 Å². The summed E-state index contributed by atoms with van der Waals surface area (Å²) in [6.07, 6.45) is 0.652. The number of halogens is 1. The van der Waals surface area contributed by atoms with Crippen LogP contribution in [0.5, 0.6) is 5.75 Å². The van der Waals surface area contributed by atoms with E-state index in [0.717, 1.165) is 27.4 Å². The van der Waals surface area contributed by atoms with Gasteiger partial charge in [0.1, 0.15) is 17.4 Å². The minimum atomic E-state index is -0.944. The molecule has 35 heavy (non-hydrogen) atoms. The second-order valence-electron chi connectivity index (χ2n) is 7.90. The van der Waals surface area contributed by atoms with Crippen molar-refractivity contribution in [2.24, 2.45) is 0 Å². The van der Waals surface area contributed by atoms with E-state index in [1.54, 1.807) is 42.5 Å². The highest BCUT2D eigenvalue weighted by molar-refractivity contribution is 7.09. The molecule has 0 atom stereocenters. The largest absolute Gasteiger partial charge is 0.486 e. The van der Waals surface area contributed by atoms with Crippen LogP contribution < -0.4 is 10.1 Å². The van der Waals surface area contributed by atoms with E-state index < -0.39 is 5.97 Å². The van der Waals surface area contributed by atoms with Gasteiger partial charge < -0.3 is 15.2 Å². The molecular formula is C27H23ClN2O4S. The second kappa shape index (κ2) is 11.2. The summed E-state index contributed by atoms with van der Waals surface area (Å²) in [6.45, 7) is 2.65.